The fourth-order valence-corrected chi connectivity index (χ4v) is 2.93. The molecule has 20 heavy (non-hydrogen) atoms. The van der Waals surface area contributed by atoms with Crippen LogP contribution in [-0.4, -0.2) is 12.2 Å². The molecule has 1 aromatic carbocycles. The smallest absolute Gasteiger partial charge is 0.300 e. The molecule has 1 nitrogen and oxygen atoms in total. The third-order valence-electron chi connectivity index (χ3n) is 3.00. The number of hydrogen-bond donors (Lipinski definition) is 1. The Morgan fingerprint density at radius 1 is 1.10 bits per heavy atom. The molecule has 1 N–H and O–H groups in total. The van der Waals surface area contributed by atoms with Gasteiger partial charge >= 0.3 is 6.18 Å². The minimum absolute atomic E-state index is 0.248. The van der Waals surface area contributed by atoms with Crippen molar-refractivity contribution in [3.8, 4) is 0 Å². The number of nitrogens with one attached hydrogen (secondary N) is 1. The highest BCUT2D eigenvalue weighted by atomic mass is 32.1. The quantitative estimate of drug-likeness (QED) is 0.852. The maximum absolute atomic E-state index is 13.2. The molecule has 2 atom stereocenters. The van der Waals surface area contributed by atoms with Crippen molar-refractivity contribution >= 4 is 11.3 Å². The summed E-state index contributed by atoms with van der Waals surface area (Å²) >= 11 is 1.56. The van der Waals surface area contributed by atoms with Gasteiger partial charge in [-0.15, -0.1) is 11.3 Å². The fourth-order valence-electron chi connectivity index (χ4n) is 2.10. The molecule has 2 rings (SSSR count). The van der Waals surface area contributed by atoms with E-state index < -0.39 is 12.2 Å². The lowest BCUT2D eigenvalue weighted by Crippen LogP contribution is -2.40. The zero-order valence-corrected chi connectivity index (χ0v) is 11.8. The highest BCUT2D eigenvalue weighted by molar-refractivity contribution is 7.09. The van der Waals surface area contributed by atoms with Crippen LogP contribution in [0.3, 0.4) is 0 Å². The van der Waals surface area contributed by atoms with Crippen LogP contribution in [0.2, 0.25) is 0 Å². The van der Waals surface area contributed by atoms with Gasteiger partial charge in [-0.25, -0.2) is 0 Å². The van der Waals surface area contributed by atoms with Gasteiger partial charge in [0.15, 0.2) is 0 Å². The van der Waals surface area contributed by atoms with E-state index >= 15 is 0 Å². The Bertz CT molecular complexity index is 508. The lowest BCUT2D eigenvalue weighted by atomic mass is 10.0. The normalized spacial score (nSPS) is 15.0. The van der Waals surface area contributed by atoms with E-state index in [1.165, 1.54) is 12.1 Å². The highest BCUT2D eigenvalue weighted by Gasteiger charge is 2.41. The number of alkyl halides is 3. The van der Waals surface area contributed by atoms with Crippen molar-refractivity contribution in [1.82, 2.24) is 5.32 Å². The number of thiophene rings is 1. The van der Waals surface area contributed by atoms with Crippen LogP contribution < -0.4 is 5.32 Å². The van der Waals surface area contributed by atoms with E-state index in [0.29, 0.717) is 6.42 Å². The molecule has 0 fully saturated rings. The molecule has 1 heterocycles. The zero-order valence-electron chi connectivity index (χ0n) is 11.0. The summed E-state index contributed by atoms with van der Waals surface area (Å²) in [5.41, 5.74) is 0.248. The summed E-state index contributed by atoms with van der Waals surface area (Å²) in [7, 11) is 0. The first-order valence-corrected chi connectivity index (χ1v) is 7.25. The van der Waals surface area contributed by atoms with Crippen LogP contribution in [0, 0.1) is 0 Å². The first-order valence-electron chi connectivity index (χ1n) is 6.37. The molecular weight excluding hydrogens is 283 g/mol. The molecule has 0 radical (unpaired) electrons. The van der Waals surface area contributed by atoms with Gasteiger partial charge in [0.05, 0.1) is 0 Å². The Morgan fingerprint density at radius 3 is 2.35 bits per heavy atom. The van der Waals surface area contributed by atoms with Crippen LogP contribution in [0.1, 0.15) is 23.4 Å². The summed E-state index contributed by atoms with van der Waals surface area (Å²) in [5, 5.41) is 4.62. The Balaban J connectivity index is 2.09. The molecule has 0 bridgehead atoms. The van der Waals surface area contributed by atoms with E-state index in [-0.39, 0.29) is 11.6 Å². The molecule has 108 valence electrons. The monoisotopic (exact) mass is 299 g/mol. The third-order valence-corrected chi connectivity index (χ3v) is 3.90. The average Bonchev–Trinajstić information content (AvgIpc) is 2.88. The molecule has 0 aliphatic heterocycles. The predicted octanol–water partition coefficient (Wildman–Crippen LogP) is 4.57. The highest BCUT2D eigenvalue weighted by Crippen LogP contribution is 2.33. The van der Waals surface area contributed by atoms with E-state index in [1.807, 2.05) is 17.5 Å². The molecule has 2 unspecified atom stereocenters. The molecule has 0 spiro atoms. The van der Waals surface area contributed by atoms with Crippen molar-refractivity contribution in [2.75, 3.05) is 0 Å². The van der Waals surface area contributed by atoms with Crippen LogP contribution in [0.5, 0.6) is 0 Å². The van der Waals surface area contributed by atoms with Crippen molar-refractivity contribution in [2.24, 2.45) is 0 Å². The second-order valence-electron chi connectivity index (χ2n) is 4.74. The van der Waals surface area contributed by atoms with E-state index in [2.05, 4.69) is 5.32 Å². The molecule has 2 aromatic rings. The van der Waals surface area contributed by atoms with Crippen LogP contribution >= 0.6 is 11.3 Å². The Labute approximate surface area is 120 Å². The maximum Gasteiger partial charge on any atom is 0.407 e. The van der Waals surface area contributed by atoms with Gasteiger partial charge in [0.2, 0.25) is 0 Å². The standard InChI is InChI=1S/C15H16F3NS/c1-11(10-13-8-5-9-20-13)19-14(15(16,17)18)12-6-3-2-4-7-12/h2-9,11,14,19H,10H2,1H3. The fraction of sp³-hybridized carbons (Fsp3) is 0.333. The molecule has 0 aliphatic rings. The topological polar surface area (TPSA) is 12.0 Å². The predicted molar refractivity (Wildman–Crippen MR) is 75.9 cm³/mol. The summed E-state index contributed by atoms with van der Waals surface area (Å²) in [4.78, 5) is 1.08. The largest absolute Gasteiger partial charge is 0.407 e. The second-order valence-corrected chi connectivity index (χ2v) is 5.77. The minimum Gasteiger partial charge on any atom is -0.300 e. The van der Waals surface area contributed by atoms with E-state index in [4.69, 9.17) is 0 Å². The lowest BCUT2D eigenvalue weighted by molar-refractivity contribution is -0.159. The first-order chi connectivity index (χ1) is 9.47. The number of halogens is 3. The van der Waals surface area contributed by atoms with Gasteiger partial charge in [-0.3, -0.25) is 5.32 Å². The van der Waals surface area contributed by atoms with Crippen molar-refractivity contribution in [2.45, 2.75) is 31.6 Å². The van der Waals surface area contributed by atoms with Gasteiger partial charge in [0, 0.05) is 10.9 Å². The Morgan fingerprint density at radius 2 is 1.80 bits per heavy atom. The summed E-state index contributed by atoms with van der Waals surface area (Å²) in [6, 6.07) is 9.94. The van der Waals surface area contributed by atoms with Gasteiger partial charge in [-0.1, -0.05) is 36.4 Å². The molecule has 5 heteroatoms. The summed E-state index contributed by atoms with van der Waals surface area (Å²) in [6.45, 7) is 1.78. The summed E-state index contributed by atoms with van der Waals surface area (Å²) in [5.74, 6) is 0. The lowest BCUT2D eigenvalue weighted by Gasteiger charge is -2.25. The molecule has 1 aromatic heterocycles. The average molecular weight is 299 g/mol. The van der Waals surface area contributed by atoms with E-state index in [0.717, 1.165) is 4.88 Å². The van der Waals surface area contributed by atoms with Gasteiger partial charge in [-0.05, 0) is 30.4 Å². The molecule has 0 aliphatic carbocycles. The van der Waals surface area contributed by atoms with Crippen molar-refractivity contribution in [3.63, 3.8) is 0 Å². The van der Waals surface area contributed by atoms with Crippen molar-refractivity contribution in [1.29, 1.82) is 0 Å². The van der Waals surface area contributed by atoms with Gasteiger partial charge < -0.3 is 0 Å². The zero-order chi connectivity index (χ0) is 14.6. The van der Waals surface area contributed by atoms with Crippen LogP contribution in [0.25, 0.3) is 0 Å². The van der Waals surface area contributed by atoms with E-state index in [9.17, 15) is 13.2 Å². The third kappa shape index (κ3) is 4.08. The second kappa shape index (κ2) is 6.41. The van der Waals surface area contributed by atoms with Crippen LogP contribution in [0.15, 0.2) is 47.8 Å². The van der Waals surface area contributed by atoms with Crippen molar-refractivity contribution in [3.05, 3.63) is 58.3 Å². The van der Waals surface area contributed by atoms with Crippen LogP contribution in [-0.2, 0) is 6.42 Å². The number of rotatable bonds is 5. The Kier molecular flexibility index (Phi) is 4.83. The maximum atomic E-state index is 13.2. The minimum atomic E-state index is -4.30. The van der Waals surface area contributed by atoms with Gasteiger partial charge in [-0.2, -0.15) is 13.2 Å². The first kappa shape index (κ1) is 15.1. The summed E-state index contributed by atoms with van der Waals surface area (Å²) in [6.07, 6.45) is -3.71. The molecule has 0 saturated carbocycles. The number of benzene rings is 1. The van der Waals surface area contributed by atoms with Gasteiger partial charge in [0.1, 0.15) is 6.04 Å². The molecule has 0 saturated heterocycles. The van der Waals surface area contributed by atoms with Gasteiger partial charge in [0.25, 0.3) is 0 Å². The SMILES string of the molecule is CC(Cc1cccs1)NC(c1ccccc1)C(F)(F)F. The molecular formula is C15H16F3NS. The Hall–Kier alpha value is -1.33. The van der Waals surface area contributed by atoms with E-state index in [1.54, 1.807) is 36.5 Å². The van der Waals surface area contributed by atoms with Crippen molar-refractivity contribution < 1.29 is 13.2 Å². The molecule has 0 amide bonds. The van der Waals surface area contributed by atoms with Crippen LogP contribution in [0.4, 0.5) is 13.2 Å². The summed E-state index contributed by atoms with van der Waals surface area (Å²) < 4.78 is 39.6. The number of hydrogen-bond acceptors (Lipinski definition) is 2.